The number of pyridine rings is 1. The standard InChI is InChI=1S/C16H22N4/c1-4-17-10-7-8-14-12(2)19-16(20-13(14)3)15-9-5-6-11-18-15/h5-6,9,11,17H,4,7-8,10H2,1-3H3. The summed E-state index contributed by atoms with van der Waals surface area (Å²) in [5.74, 6) is 0.719. The van der Waals surface area contributed by atoms with Crippen molar-refractivity contribution in [3.05, 3.63) is 41.3 Å². The van der Waals surface area contributed by atoms with E-state index < -0.39 is 0 Å². The largest absolute Gasteiger partial charge is 0.317 e. The third kappa shape index (κ3) is 3.61. The Labute approximate surface area is 120 Å². The average Bonchev–Trinajstić information content (AvgIpc) is 2.46. The monoisotopic (exact) mass is 270 g/mol. The van der Waals surface area contributed by atoms with Gasteiger partial charge in [0.05, 0.1) is 0 Å². The molecule has 0 spiro atoms. The fourth-order valence-electron chi connectivity index (χ4n) is 2.28. The molecular weight excluding hydrogens is 248 g/mol. The molecule has 106 valence electrons. The van der Waals surface area contributed by atoms with Crippen LogP contribution in [0.25, 0.3) is 11.5 Å². The molecule has 20 heavy (non-hydrogen) atoms. The number of nitrogens with one attached hydrogen (secondary N) is 1. The van der Waals surface area contributed by atoms with Gasteiger partial charge in [0, 0.05) is 17.6 Å². The van der Waals surface area contributed by atoms with Crippen LogP contribution in [-0.2, 0) is 6.42 Å². The van der Waals surface area contributed by atoms with Crippen molar-refractivity contribution in [2.75, 3.05) is 13.1 Å². The maximum Gasteiger partial charge on any atom is 0.178 e. The van der Waals surface area contributed by atoms with Gasteiger partial charge in [-0.2, -0.15) is 0 Å². The van der Waals surface area contributed by atoms with Gasteiger partial charge >= 0.3 is 0 Å². The lowest BCUT2D eigenvalue weighted by Gasteiger charge is -2.10. The number of hydrogen-bond acceptors (Lipinski definition) is 4. The highest BCUT2D eigenvalue weighted by Crippen LogP contribution is 2.17. The van der Waals surface area contributed by atoms with Crippen LogP contribution < -0.4 is 5.32 Å². The molecule has 0 bridgehead atoms. The summed E-state index contributed by atoms with van der Waals surface area (Å²) in [5, 5.41) is 3.34. The Morgan fingerprint density at radius 1 is 1.10 bits per heavy atom. The maximum atomic E-state index is 4.61. The number of nitrogens with zero attached hydrogens (tertiary/aromatic N) is 3. The van der Waals surface area contributed by atoms with E-state index in [9.17, 15) is 0 Å². The topological polar surface area (TPSA) is 50.7 Å². The number of aromatic nitrogens is 3. The SMILES string of the molecule is CCNCCCc1c(C)nc(-c2ccccn2)nc1C. The van der Waals surface area contributed by atoms with Crippen LogP contribution in [0, 0.1) is 13.8 Å². The van der Waals surface area contributed by atoms with Gasteiger partial charge < -0.3 is 5.32 Å². The van der Waals surface area contributed by atoms with Crippen LogP contribution in [0.3, 0.4) is 0 Å². The summed E-state index contributed by atoms with van der Waals surface area (Å²) in [5.41, 5.74) is 4.23. The summed E-state index contributed by atoms with van der Waals surface area (Å²) in [6.07, 6.45) is 3.91. The van der Waals surface area contributed by atoms with Gasteiger partial charge in [0.2, 0.25) is 0 Å². The quantitative estimate of drug-likeness (QED) is 0.820. The summed E-state index contributed by atoms with van der Waals surface area (Å²) in [4.78, 5) is 13.5. The van der Waals surface area contributed by atoms with Crippen molar-refractivity contribution in [1.29, 1.82) is 0 Å². The van der Waals surface area contributed by atoms with Gasteiger partial charge in [0.1, 0.15) is 5.69 Å². The molecule has 2 heterocycles. The van der Waals surface area contributed by atoms with E-state index in [1.165, 1.54) is 5.56 Å². The molecule has 0 saturated carbocycles. The third-order valence-corrected chi connectivity index (χ3v) is 3.35. The molecule has 4 nitrogen and oxygen atoms in total. The van der Waals surface area contributed by atoms with E-state index in [1.807, 2.05) is 18.2 Å². The van der Waals surface area contributed by atoms with E-state index >= 15 is 0 Å². The first-order chi connectivity index (χ1) is 9.72. The van der Waals surface area contributed by atoms with Crippen molar-refractivity contribution in [3.63, 3.8) is 0 Å². The van der Waals surface area contributed by atoms with Crippen LogP contribution in [0.4, 0.5) is 0 Å². The van der Waals surface area contributed by atoms with E-state index in [-0.39, 0.29) is 0 Å². The van der Waals surface area contributed by atoms with Crippen molar-refractivity contribution >= 4 is 0 Å². The minimum absolute atomic E-state index is 0.719. The van der Waals surface area contributed by atoms with Crippen LogP contribution in [0.5, 0.6) is 0 Å². The van der Waals surface area contributed by atoms with Crippen molar-refractivity contribution in [1.82, 2.24) is 20.3 Å². The average molecular weight is 270 g/mol. The van der Waals surface area contributed by atoms with Gasteiger partial charge in [-0.1, -0.05) is 13.0 Å². The summed E-state index contributed by atoms with van der Waals surface area (Å²) < 4.78 is 0. The second kappa shape index (κ2) is 7.10. The van der Waals surface area contributed by atoms with Crippen LogP contribution in [0.2, 0.25) is 0 Å². The zero-order chi connectivity index (χ0) is 14.4. The second-order valence-corrected chi connectivity index (χ2v) is 4.87. The number of hydrogen-bond donors (Lipinski definition) is 1. The van der Waals surface area contributed by atoms with Crippen LogP contribution >= 0.6 is 0 Å². The first-order valence-corrected chi connectivity index (χ1v) is 7.18. The lowest BCUT2D eigenvalue weighted by Crippen LogP contribution is -2.15. The van der Waals surface area contributed by atoms with Crippen molar-refractivity contribution in [3.8, 4) is 11.5 Å². The molecule has 1 N–H and O–H groups in total. The summed E-state index contributed by atoms with van der Waals surface area (Å²) in [6.45, 7) is 8.30. The van der Waals surface area contributed by atoms with E-state index in [4.69, 9.17) is 0 Å². The van der Waals surface area contributed by atoms with Crippen molar-refractivity contribution in [2.24, 2.45) is 0 Å². The molecule has 0 radical (unpaired) electrons. The Bertz CT molecular complexity index is 529. The molecule has 0 fully saturated rings. The van der Waals surface area contributed by atoms with Gasteiger partial charge in [-0.3, -0.25) is 4.98 Å². The number of rotatable bonds is 6. The smallest absolute Gasteiger partial charge is 0.178 e. The van der Waals surface area contributed by atoms with Gasteiger partial charge in [-0.05, 0) is 57.5 Å². The lowest BCUT2D eigenvalue weighted by molar-refractivity contribution is 0.667. The molecule has 2 aromatic rings. The molecule has 0 aliphatic rings. The van der Waals surface area contributed by atoms with Crippen LogP contribution in [-0.4, -0.2) is 28.0 Å². The predicted octanol–water partition coefficient (Wildman–Crippen LogP) is 2.70. The molecule has 0 amide bonds. The third-order valence-electron chi connectivity index (χ3n) is 3.35. The fourth-order valence-corrected chi connectivity index (χ4v) is 2.28. The Morgan fingerprint density at radius 2 is 1.85 bits per heavy atom. The zero-order valence-corrected chi connectivity index (χ0v) is 12.5. The highest BCUT2D eigenvalue weighted by Gasteiger charge is 2.10. The van der Waals surface area contributed by atoms with Gasteiger partial charge in [0.15, 0.2) is 5.82 Å². The second-order valence-electron chi connectivity index (χ2n) is 4.87. The molecule has 0 atom stereocenters. The summed E-state index contributed by atoms with van der Waals surface area (Å²) in [6, 6.07) is 5.80. The van der Waals surface area contributed by atoms with E-state index in [0.29, 0.717) is 0 Å². The zero-order valence-electron chi connectivity index (χ0n) is 12.5. The highest BCUT2D eigenvalue weighted by molar-refractivity contribution is 5.49. The molecule has 0 aliphatic carbocycles. The first kappa shape index (κ1) is 14.6. The molecule has 0 aromatic carbocycles. The normalized spacial score (nSPS) is 10.8. The van der Waals surface area contributed by atoms with Gasteiger partial charge in [0.25, 0.3) is 0 Å². The molecular formula is C16H22N4. The summed E-state index contributed by atoms with van der Waals surface area (Å²) in [7, 11) is 0. The van der Waals surface area contributed by atoms with Gasteiger partial charge in [-0.25, -0.2) is 9.97 Å². The highest BCUT2D eigenvalue weighted by atomic mass is 14.9. The van der Waals surface area contributed by atoms with Crippen LogP contribution in [0.15, 0.2) is 24.4 Å². The molecule has 2 rings (SSSR count). The Hall–Kier alpha value is -1.81. The maximum absolute atomic E-state index is 4.61. The molecule has 4 heteroatoms. The number of aryl methyl sites for hydroxylation is 2. The van der Waals surface area contributed by atoms with E-state index in [1.54, 1.807) is 6.20 Å². The molecule has 2 aromatic heterocycles. The minimum Gasteiger partial charge on any atom is -0.317 e. The minimum atomic E-state index is 0.719. The first-order valence-electron chi connectivity index (χ1n) is 7.18. The molecule has 0 unspecified atom stereocenters. The lowest BCUT2D eigenvalue weighted by atomic mass is 10.1. The fraction of sp³-hybridized carbons (Fsp3) is 0.438. The van der Waals surface area contributed by atoms with E-state index in [2.05, 4.69) is 41.0 Å². The van der Waals surface area contributed by atoms with E-state index in [0.717, 1.165) is 48.8 Å². The molecule has 0 aliphatic heterocycles. The van der Waals surface area contributed by atoms with Crippen LogP contribution in [0.1, 0.15) is 30.3 Å². The van der Waals surface area contributed by atoms with Crippen molar-refractivity contribution in [2.45, 2.75) is 33.6 Å². The summed E-state index contributed by atoms with van der Waals surface area (Å²) >= 11 is 0. The molecule has 0 saturated heterocycles. The van der Waals surface area contributed by atoms with Gasteiger partial charge in [-0.15, -0.1) is 0 Å². The van der Waals surface area contributed by atoms with Crippen molar-refractivity contribution < 1.29 is 0 Å². The Kier molecular flexibility index (Phi) is 5.18. The Balaban J connectivity index is 2.17. The predicted molar refractivity (Wildman–Crippen MR) is 81.6 cm³/mol. The Morgan fingerprint density at radius 3 is 2.45 bits per heavy atom.